The summed E-state index contributed by atoms with van der Waals surface area (Å²) in [7, 11) is -0.529. The van der Waals surface area contributed by atoms with E-state index in [2.05, 4.69) is 10.0 Å². The SMILES string of the molecule is COc1ccc2c(O[C@@H]3C[C@H]4C(=O)N[C@]5(C(=O)NS(=O)(=O)C6CC6)C[C@H]5C=CCCCCN(C)C(=O)N4C3)nc(-c3ccccc3)nc2c1C. The topological polar surface area (TPSA) is 160 Å². The second-order valence-corrected chi connectivity index (χ2v) is 15.7. The van der Waals surface area contributed by atoms with E-state index in [0.29, 0.717) is 47.7 Å². The Bertz CT molecular complexity index is 1970. The summed E-state index contributed by atoms with van der Waals surface area (Å²) < 4.78 is 39.9. The van der Waals surface area contributed by atoms with Gasteiger partial charge in [0.2, 0.25) is 21.8 Å². The predicted octanol–water partition coefficient (Wildman–Crippen LogP) is 3.71. The summed E-state index contributed by atoms with van der Waals surface area (Å²) in [6.07, 6.45) is 6.94. The van der Waals surface area contributed by atoms with Gasteiger partial charge in [-0.3, -0.25) is 14.3 Å². The molecule has 7 rings (SSSR count). The fourth-order valence-electron chi connectivity index (χ4n) is 6.97. The highest BCUT2D eigenvalue weighted by Gasteiger charge is 2.62. The number of ether oxygens (including phenoxy) is 2. The van der Waals surface area contributed by atoms with Crippen LogP contribution < -0.4 is 19.5 Å². The molecule has 2 saturated carbocycles. The molecule has 1 saturated heterocycles. The zero-order chi connectivity index (χ0) is 35.2. The van der Waals surface area contributed by atoms with E-state index < -0.39 is 44.8 Å². The lowest BCUT2D eigenvalue weighted by Gasteiger charge is -2.30. The van der Waals surface area contributed by atoms with Crippen LogP contribution in [0, 0.1) is 12.8 Å². The molecule has 0 unspecified atom stereocenters. The van der Waals surface area contributed by atoms with Crippen LogP contribution in [0.3, 0.4) is 0 Å². The number of hydrogen-bond donors (Lipinski definition) is 2. The molecule has 3 heterocycles. The van der Waals surface area contributed by atoms with Crippen molar-refractivity contribution in [2.24, 2.45) is 5.92 Å². The molecule has 3 fully saturated rings. The average Bonchev–Trinajstić information content (AvgIpc) is 4.03. The van der Waals surface area contributed by atoms with Gasteiger partial charge in [0.1, 0.15) is 23.4 Å². The standard InChI is InChI=1S/C36H42N6O7S/c1-22-29(48-3)17-16-27-30(22)37-31(23-11-7-6-8-12-23)38-33(27)49-25-19-28-32(43)39-36(34(44)40-50(46,47)26-14-15-26)20-24(36)13-9-4-5-10-18-41(2)35(45)42(28)21-25/h6-9,11-13,16-17,24-26,28H,4-5,10,14-15,18-21H2,1-3H3,(H,39,43)(H,40,44)/t24-,25-,28+,36-/m1/s1. The monoisotopic (exact) mass is 702 g/mol. The third-order valence-corrected chi connectivity index (χ3v) is 12.0. The summed E-state index contributed by atoms with van der Waals surface area (Å²) in [5.41, 5.74) is 0.833. The van der Waals surface area contributed by atoms with Gasteiger partial charge in [0, 0.05) is 37.1 Å². The Morgan fingerprint density at radius 3 is 2.60 bits per heavy atom. The van der Waals surface area contributed by atoms with Crippen molar-refractivity contribution >= 4 is 38.8 Å². The van der Waals surface area contributed by atoms with Crippen molar-refractivity contribution in [2.45, 2.75) is 74.8 Å². The Balaban J connectivity index is 1.21. The first-order valence-electron chi connectivity index (χ1n) is 17.1. The number of allylic oxidation sites excluding steroid dienone is 1. The van der Waals surface area contributed by atoms with Gasteiger partial charge in [0.15, 0.2) is 5.82 Å². The number of aromatic nitrogens is 2. The Morgan fingerprint density at radius 1 is 1.08 bits per heavy atom. The second kappa shape index (κ2) is 13.2. The number of carbonyl (C=O) groups excluding carboxylic acids is 3. The van der Waals surface area contributed by atoms with Crippen molar-refractivity contribution in [3.8, 4) is 23.0 Å². The highest BCUT2D eigenvalue weighted by Crippen LogP contribution is 2.46. The highest BCUT2D eigenvalue weighted by atomic mass is 32.2. The van der Waals surface area contributed by atoms with Gasteiger partial charge in [0.25, 0.3) is 5.91 Å². The largest absolute Gasteiger partial charge is 0.496 e. The molecule has 2 aliphatic carbocycles. The molecule has 0 bridgehead atoms. The number of sulfonamides is 1. The molecule has 4 amide bonds. The van der Waals surface area contributed by atoms with Crippen LogP contribution in [-0.2, 0) is 19.6 Å². The van der Waals surface area contributed by atoms with E-state index in [0.717, 1.165) is 30.4 Å². The average molecular weight is 703 g/mol. The molecule has 3 aromatic rings. The summed E-state index contributed by atoms with van der Waals surface area (Å²) in [6.45, 7) is 2.52. The van der Waals surface area contributed by atoms with Crippen molar-refractivity contribution in [1.82, 2.24) is 29.8 Å². The van der Waals surface area contributed by atoms with Gasteiger partial charge in [-0.25, -0.2) is 18.2 Å². The first kappa shape index (κ1) is 33.8. The molecular formula is C36H42N6O7S. The number of amides is 4. The van der Waals surface area contributed by atoms with E-state index in [4.69, 9.17) is 19.4 Å². The van der Waals surface area contributed by atoms with E-state index in [1.165, 1.54) is 4.90 Å². The summed E-state index contributed by atoms with van der Waals surface area (Å²) >= 11 is 0. The fourth-order valence-corrected chi connectivity index (χ4v) is 8.33. The third-order valence-electron chi connectivity index (χ3n) is 10.2. The Morgan fingerprint density at radius 2 is 1.86 bits per heavy atom. The first-order valence-corrected chi connectivity index (χ1v) is 18.7. The number of urea groups is 1. The number of rotatable bonds is 7. The molecule has 4 atom stereocenters. The van der Waals surface area contributed by atoms with Crippen molar-refractivity contribution in [1.29, 1.82) is 0 Å². The summed E-state index contributed by atoms with van der Waals surface area (Å²) in [6, 6.07) is 11.9. The van der Waals surface area contributed by atoms with Gasteiger partial charge in [-0.05, 0) is 57.6 Å². The smallest absolute Gasteiger partial charge is 0.320 e. The molecule has 0 radical (unpaired) electrons. The van der Waals surface area contributed by atoms with Crippen LogP contribution in [0.25, 0.3) is 22.3 Å². The molecule has 2 aromatic carbocycles. The molecule has 1 aromatic heterocycles. The van der Waals surface area contributed by atoms with E-state index in [-0.39, 0.29) is 31.3 Å². The van der Waals surface area contributed by atoms with Crippen LogP contribution in [0.2, 0.25) is 0 Å². The van der Waals surface area contributed by atoms with Crippen LogP contribution in [0.5, 0.6) is 11.6 Å². The van der Waals surface area contributed by atoms with Crippen LogP contribution in [0.1, 0.15) is 50.5 Å². The summed E-state index contributed by atoms with van der Waals surface area (Å²) in [5.74, 6) is -0.218. The number of benzene rings is 2. The normalized spacial score (nSPS) is 25.7. The van der Waals surface area contributed by atoms with Gasteiger partial charge >= 0.3 is 6.03 Å². The minimum atomic E-state index is -3.84. The lowest BCUT2D eigenvalue weighted by molar-refractivity contribution is -0.131. The minimum absolute atomic E-state index is 0.0984. The zero-order valence-corrected chi connectivity index (χ0v) is 29.2. The van der Waals surface area contributed by atoms with E-state index in [1.54, 1.807) is 19.1 Å². The Hall–Kier alpha value is -4.72. The second-order valence-electron chi connectivity index (χ2n) is 13.7. The van der Waals surface area contributed by atoms with Gasteiger partial charge in [0.05, 0.1) is 29.8 Å². The van der Waals surface area contributed by atoms with E-state index in [9.17, 15) is 22.8 Å². The fraction of sp³-hybridized carbons (Fsp3) is 0.472. The molecule has 4 aliphatic rings. The van der Waals surface area contributed by atoms with Crippen LogP contribution in [-0.4, -0.2) is 96.2 Å². The maximum absolute atomic E-state index is 14.2. The lowest BCUT2D eigenvalue weighted by Crippen LogP contribution is -2.57. The van der Waals surface area contributed by atoms with Crippen LogP contribution in [0.15, 0.2) is 54.6 Å². The van der Waals surface area contributed by atoms with Gasteiger partial charge in [-0.2, -0.15) is 4.98 Å². The van der Waals surface area contributed by atoms with Gasteiger partial charge in [-0.15, -0.1) is 0 Å². The number of aryl methyl sites for hydroxylation is 1. The summed E-state index contributed by atoms with van der Waals surface area (Å²) in [5, 5.41) is 2.97. The molecule has 50 heavy (non-hydrogen) atoms. The minimum Gasteiger partial charge on any atom is -0.496 e. The predicted molar refractivity (Wildman–Crippen MR) is 186 cm³/mol. The van der Waals surface area contributed by atoms with Crippen molar-refractivity contribution in [3.63, 3.8) is 0 Å². The maximum Gasteiger partial charge on any atom is 0.320 e. The number of fused-ring (bicyclic) bond motifs is 3. The Kier molecular flexibility index (Phi) is 8.91. The Labute approximate surface area is 291 Å². The number of nitrogens with one attached hydrogen (secondary N) is 2. The zero-order valence-electron chi connectivity index (χ0n) is 28.4. The van der Waals surface area contributed by atoms with Crippen LogP contribution in [0.4, 0.5) is 4.79 Å². The van der Waals surface area contributed by atoms with E-state index >= 15 is 0 Å². The van der Waals surface area contributed by atoms with Gasteiger partial charge in [-0.1, -0.05) is 42.5 Å². The van der Waals surface area contributed by atoms with Crippen molar-refractivity contribution in [3.05, 3.63) is 60.2 Å². The van der Waals surface area contributed by atoms with Crippen molar-refractivity contribution < 1.29 is 32.3 Å². The molecule has 2 N–H and O–H groups in total. The number of hydrogen-bond acceptors (Lipinski definition) is 9. The summed E-state index contributed by atoms with van der Waals surface area (Å²) in [4.78, 5) is 54.4. The maximum atomic E-state index is 14.2. The number of nitrogens with zero attached hydrogens (tertiary/aromatic N) is 4. The first-order chi connectivity index (χ1) is 24.0. The molecule has 0 spiro atoms. The quantitative estimate of drug-likeness (QED) is 0.350. The molecular weight excluding hydrogens is 660 g/mol. The van der Waals surface area contributed by atoms with Crippen LogP contribution >= 0.6 is 0 Å². The number of carbonyl (C=O) groups is 3. The highest BCUT2D eigenvalue weighted by molar-refractivity contribution is 7.91. The van der Waals surface area contributed by atoms with Gasteiger partial charge < -0.3 is 24.6 Å². The lowest BCUT2D eigenvalue weighted by atomic mass is 10.1. The van der Waals surface area contributed by atoms with E-state index in [1.807, 2.05) is 61.5 Å². The molecule has 13 nitrogen and oxygen atoms in total. The molecule has 14 heteroatoms. The molecule has 2 aliphatic heterocycles. The molecule has 264 valence electrons. The number of methoxy groups -OCH3 is 1. The van der Waals surface area contributed by atoms with Crippen molar-refractivity contribution in [2.75, 3.05) is 27.2 Å². The third kappa shape index (κ3) is 6.48.